The summed E-state index contributed by atoms with van der Waals surface area (Å²) < 4.78 is 0. The Hall–Kier alpha value is -6.30. The molecular weight excluding hydrogens is 984 g/mol. The fourth-order valence-corrected chi connectivity index (χ4v) is 7.36. The Morgan fingerprint density at radius 2 is 0.397 bits per heavy atom. The zero-order valence-corrected chi connectivity index (χ0v) is 40.1. The van der Waals surface area contributed by atoms with Crippen molar-refractivity contribution >= 4 is 18.4 Å². The van der Waals surface area contributed by atoms with Crippen LogP contribution in [0.4, 0.5) is 0 Å². The molecule has 0 aromatic heterocycles. The number of rotatable bonds is 6. The van der Waals surface area contributed by atoms with Gasteiger partial charge in [-0.05, 0) is 107 Å². The van der Waals surface area contributed by atoms with E-state index in [1.54, 1.807) is 0 Å². The molecule has 0 saturated carbocycles. The minimum atomic E-state index is -0.889. The van der Waals surface area contributed by atoms with Crippen molar-refractivity contribution in [1.29, 1.82) is 0 Å². The van der Waals surface area contributed by atoms with Gasteiger partial charge in [0.2, 0.25) is 0 Å². The second-order valence-electron chi connectivity index (χ2n) is 14.9. The van der Waals surface area contributed by atoms with Gasteiger partial charge in [0.25, 0.3) is 0 Å². The molecule has 0 saturated heterocycles. The van der Waals surface area contributed by atoms with Crippen LogP contribution in [-0.4, -0.2) is 15.3 Å². The molecule has 0 heterocycles. The zero-order valence-electron chi connectivity index (χ0n) is 35.3. The van der Waals surface area contributed by atoms with Crippen LogP contribution >= 0.6 is 18.4 Å². The molecule has 0 aliphatic rings. The van der Waals surface area contributed by atoms with E-state index in [9.17, 15) is 15.3 Å². The topological polar surface area (TPSA) is 60.7 Å². The Labute approximate surface area is 388 Å². The van der Waals surface area contributed by atoms with E-state index in [1.165, 1.54) is 0 Å². The van der Waals surface area contributed by atoms with Gasteiger partial charge >= 0.3 is 36.0 Å². The van der Waals surface area contributed by atoms with Crippen LogP contribution in [0.1, 0.15) is 16.7 Å². The van der Waals surface area contributed by atoms with Crippen molar-refractivity contribution in [2.45, 2.75) is 20.8 Å². The van der Waals surface area contributed by atoms with Gasteiger partial charge in [0.15, 0.2) is 0 Å². The van der Waals surface area contributed by atoms with Crippen LogP contribution in [-0.2, 0) is 17.6 Å². The maximum atomic E-state index is 10.6. The van der Waals surface area contributed by atoms with Crippen molar-refractivity contribution in [3.8, 4) is 84.0 Å². The molecule has 9 aromatic rings. The predicted octanol–water partition coefficient (Wildman–Crippen LogP) is 16.5. The second-order valence-corrected chi connectivity index (χ2v) is 19.5. The van der Waals surface area contributed by atoms with E-state index in [0.717, 1.165) is 83.5 Å². The van der Waals surface area contributed by atoms with Crippen LogP contribution in [0.15, 0.2) is 218 Å². The molecule has 3 N–H and O–H groups in total. The summed E-state index contributed by atoms with van der Waals surface area (Å²) in [5, 5.41) is 31.9. The molecule has 6 heteroatoms. The van der Waals surface area contributed by atoms with Crippen molar-refractivity contribution in [2.24, 2.45) is 0 Å². The zero-order chi connectivity index (χ0) is 44.6. The maximum absolute atomic E-state index is 10.6. The van der Waals surface area contributed by atoms with Gasteiger partial charge < -0.3 is 15.3 Å². The first-order chi connectivity index (χ1) is 30.7. The van der Waals surface area contributed by atoms with Crippen LogP contribution < -0.4 is 0 Å². The van der Waals surface area contributed by atoms with E-state index in [4.69, 9.17) is 18.4 Å². The summed E-state index contributed by atoms with van der Waals surface area (Å²) in [5.74, 6) is 1.02. The fraction of sp³-hybridized carbons (Fsp3) is 0.0526. The standard InChI is InChI=1S/3C19H16O.2ClH.Ta/c3*1-14-12-17(15-8-4-2-5-9-15)19(20)18(13-14)16-10-6-3-7-11-16;;;/h3*2-13,20H,1H3;2*1H;/q;;;;;+2/p-2. The van der Waals surface area contributed by atoms with Crippen LogP contribution in [0.3, 0.4) is 0 Å². The monoisotopic (exact) mass is 1030 g/mol. The Balaban J connectivity index is 0.000000152. The molecule has 0 aliphatic heterocycles. The first-order valence-corrected chi connectivity index (χ1v) is 28.4. The fourth-order valence-electron chi connectivity index (χ4n) is 7.36. The normalized spacial score (nSPS) is 10.2. The summed E-state index contributed by atoms with van der Waals surface area (Å²) >= 11 is -0.889. The molecule has 0 aliphatic carbocycles. The van der Waals surface area contributed by atoms with E-state index in [2.05, 4.69) is 20.8 Å². The van der Waals surface area contributed by atoms with Crippen molar-refractivity contribution in [2.75, 3.05) is 0 Å². The average Bonchev–Trinajstić information content (AvgIpc) is 3.33. The number of aromatic hydroxyl groups is 3. The Kier molecular flexibility index (Phi) is 17.0. The Morgan fingerprint density at radius 3 is 0.524 bits per heavy atom. The van der Waals surface area contributed by atoms with Gasteiger partial charge in [-0.25, -0.2) is 0 Å². The third-order valence-electron chi connectivity index (χ3n) is 10.3. The summed E-state index contributed by atoms with van der Waals surface area (Å²) in [5.41, 5.74) is 14.9. The van der Waals surface area contributed by atoms with Gasteiger partial charge in [-0.15, -0.1) is 0 Å². The molecule has 0 atom stereocenters. The van der Waals surface area contributed by atoms with Gasteiger partial charge in [-0.1, -0.05) is 182 Å². The van der Waals surface area contributed by atoms with Crippen molar-refractivity contribution < 1.29 is 32.9 Å². The third-order valence-corrected chi connectivity index (χ3v) is 10.3. The van der Waals surface area contributed by atoms with Gasteiger partial charge in [-0.3, -0.25) is 0 Å². The molecular formula is C57H48Cl2O3Ta. The molecule has 9 aromatic carbocycles. The molecule has 0 amide bonds. The molecule has 313 valence electrons. The Bertz CT molecular complexity index is 2310. The summed E-state index contributed by atoms with van der Waals surface area (Å²) in [6.07, 6.45) is 0. The molecule has 0 unspecified atom stereocenters. The summed E-state index contributed by atoms with van der Waals surface area (Å²) in [7, 11) is 9.89. The van der Waals surface area contributed by atoms with E-state index in [-0.39, 0.29) is 0 Å². The quantitative estimate of drug-likeness (QED) is 0.156. The first-order valence-electron chi connectivity index (χ1n) is 20.4. The van der Waals surface area contributed by atoms with E-state index in [1.807, 2.05) is 218 Å². The number of hydrogen-bond acceptors (Lipinski definition) is 3. The second kappa shape index (κ2) is 23.2. The number of hydrogen-bond donors (Lipinski definition) is 3. The first kappa shape index (κ1) is 46.2. The number of phenolic OH excluding ortho intramolecular Hbond substituents is 3. The molecule has 63 heavy (non-hydrogen) atoms. The minimum absolute atomic E-state index is 0.341. The van der Waals surface area contributed by atoms with E-state index < -0.39 is 17.6 Å². The molecule has 0 fully saturated rings. The van der Waals surface area contributed by atoms with Crippen molar-refractivity contribution in [1.82, 2.24) is 0 Å². The van der Waals surface area contributed by atoms with Crippen molar-refractivity contribution in [3.63, 3.8) is 0 Å². The van der Waals surface area contributed by atoms with Crippen molar-refractivity contribution in [3.05, 3.63) is 235 Å². The van der Waals surface area contributed by atoms with Crippen LogP contribution in [0.5, 0.6) is 17.2 Å². The summed E-state index contributed by atoms with van der Waals surface area (Å²) in [6.45, 7) is 6.16. The average molecular weight is 1030 g/mol. The Morgan fingerprint density at radius 1 is 0.270 bits per heavy atom. The summed E-state index contributed by atoms with van der Waals surface area (Å²) in [6, 6.07) is 72.1. The summed E-state index contributed by atoms with van der Waals surface area (Å²) in [4.78, 5) is 0. The molecule has 0 radical (unpaired) electrons. The van der Waals surface area contributed by atoms with Gasteiger partial charge in [0.05, 0.1) is 0 Å². The predicted molar refractivity (Wildman–Crippen MR) is 263 cm³/mol. The third kappa shape index (κ3) is 12.4. The van der Waals surface area contributed by atoms with Gasteiger partial charge in [0, 0.05) is 33.4 Å². The van der Waals surface area contributed by atoms with Gasteiger partial charge in [0.1, 0.15) is 17.2 Å². The molecule has 9 rings (SSSR count). The molecule has 0 bridgehead atoms. The van der Waals surface area contributed by atoms with Crippen LogP contribution in [0.25, 0.3) is 66.8 Å². The number of phenols is 3. The SMILES string of the molecule is Cc1cc(-c2ccccc2)c(O)c(-c2ccccc2)c1.Cc1cc(-c2ccccc2)c(O)c(-c2ccccc2)c1.Cc1cc(-c2ccccc2)c(O)c(-c2ccccc2)c1.[Cl][Ta][Cl]. The number of benzene rings is 9. The van der Waals surface area contributed by atoms with Crippen LogP contribution in [0.2, 0.25) is 0 Å². The van der Waals surface area contributed by atoms with E-state index in [0.29, 0.717) is 17.2 Å². The van der Waals surface area contributed by atoms with E-state index >= 15 is 0 Å². The molecule has 3 nitrogen and oxygen atoms in total. The number of halogens is 2. The number of aryl methyl sites for hydroxylation is 3. The van der Waals surface area contributed by atoms with Gasteiger partial charge in [-0.2, -0.15) is 0 Å². The van der Waals surface area contributed by atoms with Crippen LogP contribution in [0, 0.1) is 20.8 Å². The molecule has 0 spiro atoms.